The summed E-state index contributed by atoms with van der Waals surface area (Å²) < 4.78 is 0. The minimum Gasteiger partial charge on any atom is -0.176 e. The van der Waals surface area contributed by atoms with Gasteiger partial charge in [0.15, 0.2) is 0 Å². The molecule has 62 valence electrons. The van der Waals surface area contributed by atoms with Crippen LogP contribution in [-0.4, -0.2) is 14.8 Å². The maximum absolute atomic E-state index is 5.71. The van der Waals surface area contributed by atoms with E-state index in [2.05, 4.69) is 6.92 Å². The van der Waals surface area contributed by atoms with Gasteiger partial charge in [-0.2, -0.15) is 11.1 Å². The van der Waals surface area contributed by atoms with Crippen LogP contribution < -0.4 is 0 Å². The smallest absolute Gasteiger partial charge is 0.176 e. The molecule has 0 nitrogen and oxygen atoms in total. The Kier molecular flexibility index (Phi) is 6.12. The van der Waals surface area contributed by atoms with E-state index in [0.717, 1.165) is 12.5 Å². The highest BCUT2D eigenvalue weighted by molar-refractivity contribution is 7.64. The molecule has 0 aliphatic rings. The van der Waals surface area contributed by atoms with E-state index in [1.807, 2.05) is 0 Å². The third kappa shape index (κ3) is 7.70. The molecule has 1 unspecified atom stereocenters. The van der Waals surface area contributed by atoms with Gasteiger partial charge in [-0.1, -0.05) is 13.3 Å². The van der Waals surface area contributed by atoms with Crippen molar-refractivity contribution in [3.05, 3.63) is 0 Å². The van der Waals surface area contributed by atoms with Crippen molar-refractivity contribution in [1.82, 2.24) is 0 Å². The first-order valence-electron chi connectivity index (χ1n) is 3.08. The Labute approximate surface area is 83.8 Å². The zero-order valence-corrected chi connectivity index (χ0v) is 11.1. The number of halogens is 4. The van der Waals surface area contributed by atoms with E-state index in [-0.39, 0.29) is 0 Å². The maximum Gasteiger partial charge on any atom is 0.341 e. The highest BCUT2D eigenvalue weighted by atomic mass is 35.8. The van der Waals surface area contributed by atoms with Crippen molar-refractivity contribution < 1.29 is 0 Å². The van der Waals surface area contributed by atoms with Gasteiger partial charge in [-0.3, -0.25) is 0 Å². The van der Waals surface area contributed by atoms with Crippen LogP contribution in [0.15, 0.2) is 0 Å². The molecule has 6 heteroatoms. The minimum absolute atomic E-state index is 0.412. The van der Waals surface area contributed by atoms with Gasteiger partial charge < -0.3 is 0 Å². The summed E-state index contributed by atoms with van der Waals surface area (Å²) in [6.07, 6.45) is 0.985. The van der Waals surface area contributed by atoms with E-state index >= 15 is 0 Å². The first-order chi connectivity index (χ1) is 4.45. The van der Waals surface area contributed by atoms with Crippen LogP contribution in [0, 0.1) is 0 Å². The Balaban J connectivity index is 3.36. The quantitative estimate of drug-likeness (QED) is 0.535. The Bertz CT molecular complexity index is 91.7. The standard InChI is InChI=1S/C4H10Cl4Si2/c1-4(9-5)2-3-10(6,7)8/h4H,2-3,9H2,1H3. The zero-order valence-electron chi connectivity index (χ0n) is 5.71. The van der Waals surface area contributed by atoms with Crippen LogP contribution in [0.1, 0.15) is 13.3 Å². The molecule has 0 heterocycles. The average Bonchev–Trinajstić information content (AvgIpc) is 1.81. The van der Waals surface area contributed by atoms with Gasteiger partial charge in [0, 0.05) is 0 Å². The summed E-state index contributed by atoms with van der Waals surface area (Å²) in [5, 5.41) is 0. The number of hydrogen-bond donors (Lipinski definition) is 0. The number of hydrogen-bond acceptors (Lipinski definition) is 0. The van der Waals surface area contributed by atoms with Gasteiger partial charge in [0.1, 0.15) is 8.83 Å². The second-order valence-electron chi connectivity index (χ2n) is 2.41. The fourth-order valence-corrected chi connectivity index (χ4v) is 3.52. The van der Waals surface area contributed by atoms with Crippen LogP contribution in [-0.2, 0) is 0 Å². The first-order valence-corrected chi connectivity index (χ1v) is 11.3. The SMILES string of the molecule is CC(CC[Si](Cl)(Cl)Cl)[SiH2]Cl. The van der Waals surface area contributed by atoms with Gasteiger partial charge in [0.25, 0.3) is 0 Å². The van der Waals surface area contributed by atoms with Gasteiger partial charge in [0.05, 0.1) is 0 Å². The van der Waals surface area contributed by atoms with Crippen molar-refractivity contribution in [2.75, 3.05) is 0 Å². The van der Waals surface area contributed by atoms with Crippen molar-refractivity contribution in [1.29, 1.82) is 0 Å². The molecule has 1 atom stereocenters. The lowest BCUT2D eigenvalue weighted by atomic mass is 10.4. The van der Waals surface area contributed by atoms with Crippen LogP contribution in [0.2, 0.25) is 11.6 Å². The monoisotopic (exact) mass is 254 g/mol. The molecule has 0 spiro atoms. The van der Waals surface area contributed by atoms with Crippen LogP contribution >= 0.6 is 44.3 Å². The van der Waals surface area contributed by atoms with Gasteiger partial charge in [-0.05, 0) is 11.6 Å². The molecule has 0 N–H and O–H groups in total. The van der Waals surface area contributed by atoms with Crippen LogP contribution in [0.4, 0.5) is 0 Å². The van der Waals surface area contributed by atoms with Crippen molar-refractivity contribution in [3.63, 3.8) is 0 Å². The third-order valence-electron chi connectivity index (χ3n) is 1.18. The molecule has 0 aromatic rings. The summed E-state index contributed by atoms with van der Waals surface area (Å²) in [4.78, 5) is 0. The summed E-state index contributed by atoms with van der Waals surface area (Å²) in [5.41, 5.74) is 0.602. The molecular weight excluding hydrogens is 246 g/mol. The molecule has 10 heavy (non-hydrogen) atoms. The summed E-state index contributed by atoms with van der Waals surface area (Å²) in [6, 6.07) is -1.61. The van der Waals surface area contributed by atoms with Crippen molar-refractivity contribution in [3.8, 4) is 0 Å². The topological polar surface area (TPSA) is 0 Å². The Morgan fingerprint density at radius 2 is 1.90 bits per heavy atom. The van der Waals surface area contributed by atoms with E-state index in [4.69, 9.17) is 44.3 Å². The van der Waals surface area contributed by atoms with Gasteiger partial charge in [-0.15, -0.1) is 33.2 Å². The highest BCUT2D eigenvalue weighted by Gasteiger charge is 2.24. The number of rotatable bonds is 4. The van der Waals surface area contributed by atoms with Crippen LogP contribution in [0.25, 0.3) is 0 Å². The van der Waals surface area contributed by atoms with Crippen LogP contribution in [0.5, 0.6) is 0 Å². The summed E-state index contributed by atoms with van der Waals surface area (Å²) in [5.74, 6) is 0. The predicted octanol–water partition coefficient (Wildman–Crippen LogP) is 3.16. The largest absolute Gasteiger partial charge is 0.341 e. The third-order valence-corrected chi connectivity index (χ3v) is 6.26. The second kappa shape index (κ2) is 5.28. The Morgan fingerprint density at radius 1 is 1.40 bits per heavy atom. The second-order valence-corrected chi connectivity index (χ2v) is 14.3. The normalized spacial score (nSPS) is 16.5. The summed E-state index contributed by atoms with van der Waals surface area (Å²) in [7, 11) is -0.412. The summed E-state index contributed by atoms with van der Waals surface area (Å²) >= 11 is 22.7. The molecule has 0 saturated heterocycles. The fraction of sp³-hybridized carbons (Fsp3) is 1.00. The zero-order chi connectivity index (χ0) is 8.20. The molecule has 0 bridgehead atoms. The molecule has 0 fully saturated rings. The molecule has 0 aliphatic heterocycles. The minimum atomic E-state index is -2.36. The predicted molar refractivity (Wildman–Crippen MR) is 56.6 cm³/mol. The Hall–Kier alpha value is 1.59. The van der Waals surface area contributed by atoms with E-state index in [1.165, 1.54) is 0 Å². The van der Waals surface area contributed by atoms with E-state index in [0.29, 0.717) is 5.54 Å². The molecular formula is C4H10Cl4Si2. The molecule has 0 aromatic heterocycles. The highest BCUT2D eigenvalue weighted by Crippen LogP contribution is 2.29. The van der Waals surface area contributed by atoms with Crippen molar-refractivity contribution >= 4 is 59.1 Å². The maximum atomic E-state index is 5.71. The lowest BCUT2D eigenvalue weighted by molar-refractivity contribution is 0.871. The van der Waals surface area contributed by atoms with E-state index < -0.39 is 14.8 Å². The molecule has 0 aliphatic carbocycles. The lowest BCUT2D eigenvalue weighted by Crippen LogP contribution is -2.09. The van der Waals surface area contributed by atoms with E-state index in [1.54, 1.807) is 0 Å². The lowest BCUT2D eigenvalue weighted by Gasteiger charge is -2.09. The van der Waals surface area contributed by atoms with Gasteiger partial charge in [-0.25, -0.2) is 0 Å². The van der Waals surface area contributed by atoms with Crippen molar-refractivity contribution in [2.24, 2.45) is 0 Å². The summed E-state index contributed by atoms with van der Waals surface area (Å²) in [6.45, 7) is 2.12. The van der Waals surface area contributed by atoms with E-state index in [9.17, 15) is 0 Å². The molecule has 0 radical (unpaired) electrons. The first kappa shape index (κ1) is 11.6. The van der Waals surface area contributed by atoms with Crippen molar-refractivity contribution in [2.45, 2.75) is 24.9 Å². The molecule has 0 aromatic carbocycles. The van der Waals surface area contributed by atoms with Gasteiger partial charge >= 0.3 is 6.00 Å². The molecule has 0 rings (SSSR count). The fourth-order valence-electron chi connectivity index (χ4n) is 0.487. The van der Waals surface area contributed by atoms with Crippen LogP contribution in [0.3, 0.4) is 0 Å². The molecule has 0 amide bonds. The molecule has 0 saturated carbocycles. The average molecular weight is 256 g/mol. The van der Waals surface area contributed by atoms with Gasteiger partial charge in [0.2, 0.25) is 0 Å². The Morgan fingerprint density at radius 3 is 2.20 bits per heavy atom.